The fraction of sp³-hybridized carbons (Fsp3) is 0.208. The fourth-order valence-electron chi connectivity index (χ4n) is 3.65. The smallest absolute Gasteiger partial charge is 0.131 e. The minimum absolute atomic E-state index is 0.274. The molecule has 0 aliphatic heterocycles. The second kappa shape index (κ2) is 7.65. The molecule has 1 fully saturated rings. The lowest BCUT2D eigenvalue weighted by Crippen LogP contribution is -2.10. The SMILES string of the molecule is CC(Nc1c(Cl)cnc2ccccc12)c1cc(-c2cnc(C3CC3)nc2)ccc1F. The van der Waals surface area contributed by atoms with Gasteiger partial charge in [0.25, 0.3) is 0 Å². The van der Waals surface area contributed by atoms with E-state index in [1.807, 2.05) is 49.6 Å². The second-order valence-electron chi connectivity index (χ2n) is 7.70. The summed E-state index contributed by atoms with van der Waals surface area (Å²) >= 11 is 6.41. The van der Waals surface area contributed by atoms with E-state index in [0.29, 0.717) is 16.5 Å². The highest BCUT2D eigenvalue weighted by Gasteiger charge is 2.26. The van der Waals surface area contributed by atoms with E-state index in [1.165, 1.54) is 6.07 Å². The Kier molecular flexibility index (Phi) is 4.83. The molecule has 1 unspecified atom stereocenters. The van der Waals surface area contributed by atoms with Crippen molar-refractivity contribution in [3.05, 3.63) is 83.3 Å². The number of hydrogen-bond donors (Lipinski definition) is 1. The molecular formula is C24H20ClFN4. The molecule has 1 aliphatic rings. The van der Waals surface area contributed by atoms with Crippen LogP contribution in [0.1, 0.15) is 43.1 Å². The molecular weight excluding hydrogens is 399 g/mol. The average Bonchev–Trinajstić information content (AvgIpc) is 3.62. The summed E-state index contributed by atoms with van der Waals surface area (Å²) in [6, 6.07) is 12.5. The van der Waals surface area contributed by atoms with Gasteiger partial charge >= 0.3 is 0 Å². The summed E-state index contributed by atoms with van der Waals surface area (Å²) in [4.78, 5) is 13.3. The summed E-state index contributed by atoms with van der Waals surface area (Å²) in [6.45, 7) is 1.92. The van der Waals surface area contributed by atoms with E-state index < -0.39 is 0 Å². The molecule has 1 N–H and O–H groups in total. The maximum atomic E-state index is 14.7. The maximum absolute atomic E-state index is 14.7. The first kappa shape index (κ1) is 18.9. The molecule has 1 saturated carbocycles. The summed E-state index contributed by atoms with van der Waals surface area (Å²) in [6.07, 6.45) is 7.58. The van der Waals surface area contributed by atoms with Gasteiger partial charge in [-0.1, -0.05) is 35.9 Å². The lowest BCUT2D eigenvalue weighted by Gasteiger charge is -2.19. The zero-order valence-electron chi connectivity index (χ0n) is 16.4. The van der Waals surface area contributed by atoms with Crippen molar-refractivity contribution in [1.29, 1.82) is 0 Å². The van der Waals surface area contributed by atoms with E-state index in [2.05, 4.69) is 20.3 Å². The second-order valence-corrected chi connectivity index (χ2v) is 8.11. The summed E-state index contributed by atoms with van der Waals surface area (Å²) in [5.41, 5.74) is 3.89. The predicted octanol–water partition coefficient (Wildman–Crippen LogP) is 6.53. The van der Waals surface area contributed by atoms with Crippen LogP contribution in [0.3, 0.4) is 0 Å². The van der Waals surface area contributed by atoms with Crippen LogP contribution in [0.15, 0.2) is 61.1 Å². The Hall–Kier alpha value is -3.05. The molecule has 2 aromatic carbocycles. The van der Waals surface area contributed by atoms with Gasteiger partial charge in [-0.2, -0.15) is 0 Å². The number of fused-ring (bicyclic) bond motifs is 1. The molecule has 150 valence electrons. The molecule has 5 rings (SSSR count). The van der Waals surface area contributed by atoms with Gasteiger partial charge in [-0.3, -0.25) is 4.98 Å². The van der Waals surface area contributed by atoms with Gasteiger partial charge in [0.05, 0.1) is 22.3 Å². The van der Waals surface area contributed by atoms with Crippen LogP contribution in [0.5, 0.6) is 0 Å². The number of aromatic nitrogens is 3. The zero-order valence-corrected chi connectivity index (χ0v) is 17.2. The van der Waals surface area contributed by atoms with Crippen LogP contribution in [0.4, 0.5) is 10.1 Å². The van der Waals surface area contributed by atoms with Crippen LogP contribution in [-0.4, -0.2) is 15.0 Å². The van der Waals surface area contributed by atoms with Crippen LogP contribution in [0, 0.1) is 5.82 Å². The number of rotatable bonds is 5. The van der Waals surface area contributed by atoms with Crippen molar-refractivity contribution in [2.24, 2.45) is 0 Å². The van der Waals surface area contributed by atoms with Gasteiger partial charge in [-0.15, -0.1) is 0 Å². The normalized spacial score (nSPS) is 14.6. The molecule has 0 spiro atoms. The molecule has 2 aromatic heterocycles. The molecule has 1 aliphatic carbocycles. The summed E-state index contributed by atoms with van der Waals surface area (Å²) in [5.74, 6) is 1.13. The lowest BCUT2D eigenvalue weighted by atomic mass is 10.0. The van der Waals surface area contributed by atoms with Gasteiger partial charge in [0, 0.05) is 41.0 Å². The van der Waals surface area contributed by atoms with Crippen LogP contribution in [0.2, 0.25) is 5.02 Å². The van der Waals surface area contributed by atoms with E-state index in [9.17, 15) is 4.39 Å². The van der Waals surface area contributed by atoms with Crippen molar-refractivity contribution in [2.75, 3.05) is 5.32 Å². The van der Waals surface area contributed by atoms with Gasteiger partial charge in [0.2, 0.25) is 0 Å². The first-order valence-corrected chi connectivity index (χ1v) is 10.4. The minimum atomic E-state index is -0.306. The van der Waals surface area contributed by atoms with Crippen LogP contribution in [-0.2, 0) is 0 Å². The van der Waals surface area contributed by atoms with Crippen LogP contribution in [0.25, 0.3) is 22.0 Å². The van der Waals surface area contributed by atoms with E-state index in [0.717, 1.165) is 46.4 Å². The van der Waals surface area contributed by atoms with Gasteiger partial charge in [0.1, 0.15) is 11.6 Å². The largest absolute Gasteiger partial charge is 0.377 e. The third-order valence-corrected chi connectivity index (χ3v) is 5.79. The number of hydrogen-bond acceptors (Lipinski definition) is 4. The Bertz CT molecular complexity index is 1220. The number of para-hydroxylation sites is 1. The fourth-order valence-corrected chi connectivity index (χ4v) is 3.86. The van der Waals surface area contributed by atoms with Crippen molar-refractivity contribution in [1.82, 2.24) is 15.0 Å². The average molecular weight is 419 g/mol. The maximum Gasteiger partial charge on any atom is 0.131 e. The quantitative estimate of drug-likeness (QED) is 0.400. The van der Waals surface area contributed by atoms with Gasteiger partial charge in [0.15, 0.2) is 0 Å². The summed E-state index contributed by atoms with van der Waals surface area (Å²) < 4.78 is 14.7. The summed E-state index contributed by atoms with van der Waals surface area (Å²) in [5, 5.41) is 4.78. The Labute approximate surface area is 179 Å². The Morgan fingerprint density at radius 3 is 2.53 bits per heavy atom. The van der Waals surface area contributed by atoms with Crippen LogP contribution >= 0.6 is 11.6 Å². The van der Waals surface area contributed by atoms with Crippen LogP contribution < -0.4 is 5.32 Å². The third-order valence-electron chi connectivity index (χ3n) is 5.50. The molecule has 4 nitrogen and oxygen atoms in total. The van der Waals surface area contributed by atoms with E-state index in [4.69, 9.17) is 11.6 Å². The van der Waals surface area contributed by atoms with E-state index in [-0.39, 0.29) is 11.9 Å². The first-order valence-electron chi connectivity index (χ1n) is 10.0. The monoisotopic (exact) mass is 418 g/mol. The number of nitrogens with one attached hydrogen (secondary N) is 1. The Balaban J connectivity index is 1.47. The third kappa shape index (κ3) is 3.61. The van der Waals surface area contributed by atoms with E-state index in [1.54, 1.807) is 12.3 Å². The zero-order chi connectivity index (χ0) is 20.7. The molecule has 1 atom stereocenters. The van der Waals surface area contributed by atoms with Crippen molar-refractivity contribution in [3.8, 4) is 11.1 Å². The molecule has 0 amide bonds. The van der Waals surface area contributed by atoms with Gasteiger partial charge in [-0.25, -0.2) is 14.4 Å². The molecule has 30 heavy (non-hydrogen) atoms. The topological polar surface area (TPSA) is 50.7 Å². The highest BCUT2D eigenvalue weighted by atomic mass is 35.5. The number of nitrogens with zero attached hydrogens (tertiary/aromatic N) is 3. The summed E-state index contributed by atoms with van der Waals surface area (Å²) in [7, 11) is 0. The number of halogens is 2. The minimum Gasteiger partial charge on any atom is -0.377 e. The first-order chi connectivity index (χ1) is 14.6. The van der Waals surface area contributed by atoms with Crippen molar-refractivity contribution in [3.63, 3.8) is 0 Å². The molecule has 0 radical (unpaired) electrons. The van der Waals surface area contributed by atoms with Crippen molar-refractivity contribution < 1.29 is 4.39 Å². The molecule has 0 bridgehead atoms. The predicted molar refractivity (Wildman–Crippen MR) is 118 cm³/mol. The molecule has 6 heteroatoms. The number of anilines is 1. The van der Waals surface area contributed by atoms with Gasteiger partial charge < -0.3 is 5.32 Å². The van der Waals surface area contributed by atoms with Crippen molar-refractivity contribution >= 4 is 28.2 Å². The Morgan fingerprint density at radius 2 is 1.77 bits per heavy atom. The molecule has 2 heterocycles. The lowest BCUT2D eigenvalue weighted by molar-refractivity contribution is 0.600. The standard InChI is InChI=1S/C24H20ClFN4/c1-14(30-23-18-4-2-3-5-22(18)27-13-20(23)25)19-10-16(8-9-21(19)26)17-11-28-24(29-12-17)15-6-7-15/h2-5,8-15H,6-7H2,1H3,(H,27,30). The highest BCUT2D eigenvalue weighted by Crippen LogP contribution is 2.38. The number of benzene rings is 2. The van der Waals surface area contributed by atoms with E-state index >= 15 is 0 Å². The molecule has 4 aromatic rings. The van der Waals surface area contributed by atoms with Crippen molar-refractivity contribution in [2.45, 2.75) is 31.7 Å². The highest BCUT2D eigenvalue weighted by molar-refractivity contribution is 6.34. The molecule has 0 saturated heterocycles. The van der Waals surface area contributed by atoms with Gasteiger partial charge in [-0.05, 0) is 43.5 Å². The number of pyridine rings is 1. The Morgan fingerprint density at radius 1 is 1.00 bits per heavy atom.